The highest BCUT2D eigenvalue weighted by molar-refractivity contribution is 5.74. The smallest absolute Gasteiger partial charge is 0.317 e. The fraction of sp³-hybridized carbons (Fsp3) is 0.286. The highest BCUT2D eigenvalue weighted by Gasteiger charge is 2.29. The lowest BCUT2D eigenvalue weighted by Crippen LogP contribution is -2.49. The van der Waals surface area contributed by atoms with Gasteiger partial charge in [0.2, 0.25) is 0 Å². The van der Waals surface area contributed by atoms with E-state index in [9.17, 15) is 4.79 Å². The average Bonchev–Trinajstić information content (AvgIpc) is 3.27. The van der Waals surface area contributed by atoms with Crippen molar-refractivity contribution in [3.8, 4) is 5.82 Å². The number of carbonyl (C=O) groups is 1. The number of benzene rings is 1. The van der Waals surface area contributed by atoms with Crippen molar-refractivity contribution in [1.82, 2.24) is 25.0 Å². The third-order valence-electron chi connectivity index (χ3n) is 4.71. The number of morpholine rings is 1. The minimum atomic E-state index is -0.108. The predicted molar refractivity (Wildman–Crippen MR) is 105 cm³/mol. The number of pyridine rings is 1. The molecule has 0 saturated carbocycles. The van der Waals surface area contributed by atoms with E-state index in [1.807, 2.05) is 66.6 Å². The van der Waals surface area contributed by atoms with E-state index in [0.29, 0.717) is 19.6 Å². The predicted octanol–water partition coefficient (Wildman–Crippen LogP) is 2.94. The van der Waals surface area contributed by atoms with Crippen molar-refractivity contribution in [3.05, 3.63) is 78.2 Å². The lowest BCUT2D eigenvalue weighted by atomic mass is 10.1. The summed E-state index contributed by atoms with van der Waals surface area (Å²) in [7, 11) is 0. The second-order valence-corrected chi connectivity index (χ2v) is 6.88. The molecule has 1 aliphatic rings. The Labute approximate surface area is 164 Å². The van der Waals surface area contributed by atoms with Crippen LogP contribution in [0.3, 0.4) is 0 Å². The minimum Gasteiger partial charge on any atom is -0.367 e. The maximum Gasteiger partial charge on any atom is 0.317 e. The Morgan fingerprint density at radius 2 is 2.04 bits per heavy atom. The quantitative estimate of drug-likeness (QED) is 0.759. The molecule has 7 heteroatoms. The molecule has 3 aromatic rings. The van der Waals surface area contributed by atoms with Crippen LogP contribution < -0.4 is 5.32 Å². The molecule has 7 nitrogen and oxygen atoms in total. The lowest BCUT2D eigenvalue weighted by molar-refractivity contribution is -0.0657. The SMILES string of the molecule is C[C@H]1CN(C(=O)NCc2ccnc(-n3cccn3)c2)C[C@H](c2ccccc2)O1. The second kappa shape index (κ2) is 8.22. The summed E-state index contributed by atoms with van der Waals surface area (Å²) in [6, 6.07) is 15.6. The van der Waals surface area contributed by atoms with Crippen molar-refractivity contribution in [2.75, 3.05) is 13.1 Å². The summed E-state index contributed by atoms with van der Waals surface area (Å²) in [6.07, 6.45) is 5.14. The number of carbonyl (C=O) groups excluding carboxylic acids is 1. The van der Waals surface area contributed by atoms with Crippen LogP contribution in [0.1, 0.15) is 24.2 Å². The van der Waals surface area contributed by atoms with E-state index in [1.54, 1.807) is 17.1 Å². The number of urea groups is 1. The summed E-state index contributed by atoms with van der Waals surface area (Å²) in [5.41, 5.74) is 2.06. The van der Waals surface area contributed by atoms with E-state index >= 15 is 0 Å². The standard InChI is InChI=1S/C21H23N5O2/c1-16-14-25(15-19(28-16)18-6-3-2-4-7-18)21(27)23-13-17-8-10-22-20(12-17)26-11-5-9-24-26/h2-12,16,19H,13-15H2,1H3,(H,23,27)/t16-,19+/m0/s1. The van der Waals surface area contributed by atoms with Gasteiger partial charge in [0, 0.05) is 31.7 Å². The van der Waals surface area contributed by atoms with Gasteiger partial charge in [0.25, 0.3) is 0 Å². The van der Waals surface area contributed by atoms with Gasteiger partial charge in [-0.25, -0.2) is 14.5 Å². The first-order valence-electron chi connectivity index (χ1n) is 9.37. The fourth-order valence-electron chi connectivity index (χ4n) is 3.36. The Hall–Kier alpha value is -3.19. The lowest BCUT2D eigenvalue weighted by Gasteiger charge is -2.37. The van der Waals surface area contributed by atoms with Crippen LogP contribution in [0.5, 0.6) is 0 Å². The first-order chi connectivity index (χ1) is 13.7. The molecule has 0 aliphatic carbocycles. The number of hydrogen-bond acceptors (Lipinski definition) is 4. The van der Waals surface area contributed by atoms with Crippen LogP contribution in [0.4, 0.5) is 4.79 Å². The molecule has 4 rings (SSSR count). The molecule has 1 aromatic carbocycles. The van der Waals surface area contributed by atoms with Crippen molar-refractivity contribution in [3.63, 3.8) is 0 Å². The van der Waals surface area contributed by atoms with Crippen LogP contribution in [0, 0.1) is 0 Å². The van der Waals surface area contributed by atoms with E-state index in [1.165, 1.54) is 0 Å². The molecule has 1 saturated heterocycles. The van der Waals surface area contributed by atoms with Gasteiger partial charge in [-0.2, -0.15) is 5.10 Å². The Morgan fingerprint density at radius 1 is 1.18 bits per heavy atom. The van der Waals surface area contributed by atoms with E-state index < -0.39 is 0 Å². The molecule has 28 heavy (non-hydrogen) atoms. The van der Waals surface area contributed by atoms with Gasteiger partial charge < -0.3 is 15.0 Å². The van der Waals surface area contributed by atoms with Crippen molar-refractivity contribution < 1.29 is 9.53 Å². The highest BCUT2D eigenvalue weighted by Crippen LogP contribution is 2.25. The molecule has 2 amide bonds. The molecular formula is C21H23N5O2. The maximum absolute atomic E-state index is 12.7. The Bertz CT molecular complexity index is 914. The summed E-state index contributed by atoms with van der Waals surface area (Å²) >= 11 is 0. The van der Waals surface area contributed by atoms with E-state index in [2.05, 4.69) is 15.4 Å². The number of ether oxygens (including phenoxy) is 1. The zero-order chi connectivity index (χ0) is 19.3. The van der Waals surface area contributed by atoms with E-state index in [-0.39, 0.29) is 18.2 Å². The van der Waals surface area contributed by atoms with Gasteiger partial charge in [0.1, 0.15) is 6.10 Å². The molecule has 0 spiro atoms. The molecule has 0 bridgehead atoms. The number of nitrogens with zero attached hydrogens (tertiary/aromatic N) is 4. The van der Waals surface area contributed by atoms with E-state index in [0.717, 1.165) is 16.9 Å². The molecule has 0 radical (unpaired) electrons. The van der Waals surface area contributed by atoms with Gasteiger partial charge in [0.15, 0.2) is 5.82 Å². The number of aromatic nitrogens is 3. The van der Waals surface area contributed by atoms with Crippen molar-refractivity contribution >= 4 is 6.03 Å². The fourth-order valence-corrected chi connectivity index (χ4v) is 3.36. The van der Waals surface area contributed by atoms with Crippen molar-refractivity contribution in [2.24, 2.45) is 0 Å². The summed E-state index contributed by atoms with van der Waals surface area (Å²) in [4.78, 5) is 18.9. The van der Waals surface area contributed by atoms with Gasteiger partial charge in [-0.05, 0) is 36.2 Å². The first kappa shape index (κ1) is 18.2. The van der Waals surface area contributed by atoms with Crippen LogP contribution in [-0.4, -0.2) is 44.9 Å². The van der Waals surface area contributed by atoms with Crippen LogP contribution >= 0.6 is 0 Å². The maximum atomic E-state index is 12.7. The molecule has 0 unspecified atom stereocenters. The van der Waals surface area contributed by atoms with Gasteiger partial charge in [0.05, 0.1) is 12.6 Å². The van der Waals surface area contributed by atoms with Gasteiger partial charge >= 0.3 is 6.03 Å². The molecule has 1 N–H and O–H groups in total. The summed E-state index contributed by atoms with van der Waals surface area (Å²) in [5, 5.41) is 7.19. The molecule has 2 atom stereocenters. The molecule has 1 fully saturated rings. The minimum absolute atomic E-state index is 0.0166. The summed E-state index contributed by atoms with van der Waals surface area (Å²) in [5.74, 6) is 0.723. The molecular weight excluding hydrogens is 354 g/mol. The van der Waals surface area contributed by atoms with Crippen LogP contribution in [0.15, 0.2) is 67.1 Å². The third kappa shape index (κ3) is 4.20. The average molecular weight is 377 g/mol. The number of rotatable bonds is 4. The Morgan fingerprint density at radius 3 is 2.82 bits per heavy atom. The summed E-state index contributed by atoms with van der Waals surface area (Å²) in [6.45, 7) is 3.53. The number of hydrogen-bond donors (Lipinski definition) is 1. The monoisotopic (exact) mass is 377 g/mol. The number of amides is 2. The van der Waals surface area contributed by atoms with Crippen molar-refractivity contribution in [2.45, 2.75) is 25.7 Å². The van der Waals surface area contributed by atoms with Crippen LogP contribution in [0.25, 0.3) is 5.82 Å². The second-order valence-electron chi connectivity index (χ2n) is 6.88. The summed E-state index contributed by atoms with van der Waals surface area (Å²) < 4.78 is 7.73. The van der Waals surface area contributed by atoms with Gasteiger partial charge in [-0.1, -0.05) is 30.3 Å². The Kier molecular flexibility index (Phi) is 5.34. The molecule has 3 heterocycles. The Balaban J connectivity index is 1.39. The van der Waals surface area contributed by atoms with E-state index in [4.69, 9.17) is 4.74 Å². The zero-order valence-corrected chi connectivity index (χ0v) is 15.7. The number of nitrogens with one attached hydrogen (secondary N) is 1. The van der Waals surface area contributed by atoms with Crippen molar-refractivity contribution in [1.29, 1.82) is 0 Å². The molecule has 2 aromatic heterocycles. The first-order valence-corrected chi connectivity index (χ1v) is 9.37. The topological polar surface area (TPSA) is 72.3 Å². The molecule has 144 valence electrons. The normalized spacial score (nSPS) is 19.4. The van der Waals surface area contributed by atoms with Crippen LogP contribution in [-0.2, 0) is 11.3 Å². The van der Waals surface area contributed by atoms with Crippen LogP contribution in [0.2, 0.25) is 0 Å². The largest absolute Gasteiger partial charge is 0.367 e. The van der Waals surface area contributed by atoms with Gasteiger partial charge in [-0.15, -0.1) is 0 Å². The third-order valence-corrected chi connectivity index (χ3v) is 4.71. The highest BCUT2D eigenvalue weighted by atomic mass is 16.5. The molecule has 1 aliphatic heterocycles. The zero-order valence-electron chi connectivity index (χ0n) is 15.7. The van der Waals surface area contributed by atoms with Gasteiger partial charge in [-0.3, -0.25) is 0 Å².